The first-order valence-electron chi connectivity index (χ1n) is 9.64. The summed E-state index contributed by atoms with van der Waals surface area (Å²) in [5.74, 6) is 2.18. The van der Waals surface area contributed by atoms with E-state index in [2.05, 4.69) is 33.3 Å². The van der Waals surface area contributed by atoms with E-state index in [-0.39, 0.29) is 0 Å². The van der Waals surface area contributed by atoms with Crippen LogP contribution in [-0.4, -0.2) is 25.6 Å². The third-order valence-electron chi connectivity index (χ3n) is 4.10. The zero-order valence-corrected chi connectivity index (χ0v) is 18.6. The lowest BCUT2D eigenvalue weighted by molar-refractivity contribution is -0.884. The molecule has 0 unspecified atom stereocenters. The van der Waals surface area contributed by atoms with Crippen LogP contribution in [0.5, 0.6) is 17.2 Å². The molecule has 0 radical (unpaired) electrons. The summed E-state index contributed by atoms with van der Waals surface area (Å²) in [5.41, 5.74) is 3.50. The van der Waals surface area contributed by atoms with Gasteiger partial charge in [0, 0.05) is 5.56 Å². The molecule has 152 valence electrons. The molecule has 4 nitrogen and oxygen atoms in total. The average molecular weight is 410 g/mol. The van der Waals surface area contributed by atoms with Crippen LogP contribution in [0.15, 0.2) is 72.8 Å². The predicted octanol–water partition coefficient (Wildman–Crippen LogP) is 6.27. The van der Waals surface area contributed by atoms with Gasteiger partial charge in [-0.1, -0.05) is 24.3 Å². The van der Waals surface area contributed by atoms with Gasteiger partial charge in [-0.15, -0.1) is 0 Å². The van der Waals surface area contributed by atoms with Gasteiger partial charge in [0.15, 0.2) is 0 Å². The summed E-state index contributed by atoms with van der Waals surface area (Å²) in [4.78, 5) is 0. The smallest absolute Gasteiger partial charge is 0.409 e. The van der Waals surface area contributed by atoms with E-state index in [1.807, 2.05) is 74.5 Å². The van der Waals surface area contributed by atoms with E-state index in [1.165, 1.54) is 5.56 Å². The summed E-state index contributed by atoms with van der Waals surface area (Å²) in [7, 11) is 4.87. The SMILES string of the molecule is Cc1cccc(OP(Oc2ccc(C[N+](C)(C)C)cc2)Oc2cccc(C)c2)c1. The predicted molar refractivity (Wildman–Crippen MR) is 119 cm³/mol. The van der Waals surface area contributed by atoms with Crippen LogP contribution in [0.25, 0.3) is 0 Å². The van der Waals surface area contributed by atoms with Crippen LogP contribution in [0.3, 0.4) is 0 Å². The molecule has 0 spiro atoms. The molecule has 0 N–H and O–H groups in total. The molecule has 5 heteroatoms. The van der Waals surface area contributed by atoms with Gasteiger partial charge in [0.2, 0.25) is 0 Å². The first-order valence-corrected chi connectivity index (χ1v) is 10.7. The fraction of sp³-hybridized carbons (Fsp3) is 0.250. The van der Waals surface area contributed by atoms with E-state index in [0.717, 1.165) is 39.4 Å². The molecule has 29 heavy (non-hydrogen) atoms. The van der Waals surface area contributed by atoms with Crippen LogP contribution in [0.4, 0.5) is 0 Å². The summed E-state index contributed by atoms with van der Waals surface area (Å²) in [6.07, 6.45) is 0. The maximum Gasteiger partial charge on any atom is 0.530 e. The second kappa shape index (κ2) is 9.30. The van der Waals surface area contributed by atoms with Crippen LogP contribution in [-0.2, 0) is 6.54 Å². The molecule has 0 amide bonds. The van der Waals surface area contributed by atoms with Gasteiger partial charge in [-0.2, -0.15) is 0 Å². The monoisotopic (exact) mass is 410 g/mol. The standard InChI is InChI=1S/C24H29NO3P/c1-19-8-6-10-23(16-19)27-29(28-24-11-7-9-20(2)17-24)26-22-14-12-21(13-15-22)18-25(3,4)5/h6-17H,18H2,1-5H3/q+1. The quantitative estimate of drug-likeness (QED) is 0.323. The Morgan fingerprint density at radius 3 is 1.59 bits per heavy atom. The number of hydrogen-bond acceptors (Lipinski definition) is 3. The Labute approximate surface area is 175 Å². The minimum atomic E-state index is -1.65. The lowest BCUT2D eigenvalue weighted by Crippen LogP contribution is -2.33. The van der Waals surface area contributed by atoms with Crippen LogP contribution < -0.4 is 13.6 Å². The molecule has 0 fully saturated rings. The highest BCUT2D eigenvalue weighted by molar-refractivity contribution is 7.43. The van der Waals surface area contributed by atoms with Crippen molar-refractivity contribution in [3.05, 3.63) is 89.5 Å². The second-order valence-electron chi connectivity index (χ2n) is 8.22. The van der Waals surface area contributed by atoms with Gasteiger partial charge in [-0.05, 0) is 73.5 Å². The minimum Gasteiger partial charge on any atom is -0.409 e. The van der Waals surface area contributed by atoms with Crippen molar-refractivity contribution >= 4 is 8.60 Å². The molecule has 0 saturated heterocycles. The van der Waals surface area contributed by atoms with Crippen molar-refractivity contribution in [2.75, 3.05) is 21.1 Å². The average Bonchev–Trinajstić information content (AvgIpc) is 2.62. The van der Waals surface area contributed by atoms with Gasteiger partial charge in [0.05, 0.1) is 21.1 Å². The Bertz CT molecular complexity index is 888. The highest BCUT2D eigenvalue weighted by Gasteiger charge is 2.20. The molecule has 0 aromatic heterocycles. The summed E-state index contributed by atoms with van der Waals surface area (Å²) in [6, 6.07) is 23.9. The third-order valence-corrected chi connectivity index (χ3v) is 5.18. The number of hydrogen-bond donors (Lipinski definition) is 0. The molecule has 3 aromatic carbocycles. The molecule has 0 heterocycles. The summed E-state index contributed by atoms with van der Waals surface area (Å²) < 4.78 is 19.1. The Morgan fingerprint density at radius 2 is 1.14 bits per heavy atom. The van der Waals surface area contributed by atoms with Gasteiger partial charge in [0.25, 0.3) is 0 Å². The highest BCUT2D eigenvalue weighted by Crippen LogP contribution is 2.42. The maximum atomic E-state index is 6.10. The van der Waals surface area contributed by atoms with E-state index in [4.69, 9.17) is 13.6 Å². The van der Waals surface area contributed by atoms with Crippen molar-refractivity contribution in [2.45, 2.75) is 20.4 Å². The fourth-order valence-electron chi connectivity index (χ4n) is 2.86. The van der Waals surface area contributed by atoms with Gasteiger partial charge in [-0.3, -0.25) is 0 Å². The molecule has 0 aliphatic carbocycles. The topological polar surface area (TPSA) is 27.7 Å². The molecule has 0 bridgehead atoms. The fourth-order valence-corrected chi connectivity index (χ4v) is 3.84. The molecular weight excluding hydrogens is 381 g/mol. The number of nitrogens with zero attached hydrogens (tertiary/aromatic N) is 1. The minimum absolute atomic E-state index is 0.724. The first-order chi connectivity index (χ1) is 13.8. The van der Waals surface area contributed by atoms with Gasteiger partial charge >= 0.3 is 8.60 Å². The largest absolute Gasteiger partial charge is 0.530 e. The second-order valence-corrected chi connectivity index (χ2v) is 9.22. The van der Waals surface area contributed by atoms with Crippen molar-refractivity contribution in [2.24, 2.45) is 0 Å². The lowest BCUT2D eigenvalue weighted by atomic mass is 10.2. The summed E-state index contributed by atoms with van der Waals surface area (Å²) in [6.45, 7) is 5.02. The van der Waals surface area contributed by atoms with Crippen molar-refractivity contribution in [1.82, 2.24) is 0 Å². The van der Waals surface area contributed by atoms with Crippen LogP contribution in [0, 0.1) is 13.8 Å². The van der Waals surface area contributed by atoms with E-state index >= 15 is 0 Å². The number of aryl methyl sites for hydroxylation is 2. The first kappa shape index (κ1) is 21.2. The molecule has 0 aliphatic heterocycles. The maximum absolute atomic E-state index is 6.10. The Hall–Kier alpha value is -2.55. The highest BCUT2D eigenvalue weighted by atomic mass is 31.2. The van der Waals surface area contributed by atoms with Crippen LogP contribution >= 0.6 is 8.60 Å². The van der Waals surface area contributed by atoms with Gasteiger partial charge in [-0.25, -0.2) is 0 Å². The number of rotatable bonds is 8. The Kier molecular flexibility index (Phi) is 6.79. The van der Waals surface area contributed by atoms with Crippen molar-refractivity contribution < 1.29 is 18.1 Å². The zero-order chi connectivity index (χ0) is 20.9. The van der Waals surface area contributed by atoms with E-state index in [0.29, 0.717) is 0 Å². The summed E-state index contributed by atoms with van der Waals surface area (Å²) >= 11 is 0. The van der Waals surface area contributed by atoms with E-state index in [9.17, 15) is 0 Å². The van der Waals surface area contributed by atoms with Gasteiger partial charge < -0.3 is 18.1 Å². The van der Waals surface area contributed by atoms with Crippen LogP contribution in [0.1, 0.15) is 16.7 Å². The summed E-state index contributed by atoms with van der Waals surface area (Å²) in [5, 5.41) is 0. The number of quaternary nitrogens is 1. The third kappa shape index (κ3) is 7.08. The lowest BCUT2D eigenvalue weighted by Gasteiger charge is -2.24. The molecule has 0 aliphatic rings. The molecule has 0 saturated carbocycles. The Morgan fingerprint density at radius 1 is 0.655 bits per heavy atom. The van der Waals surface area contributed by atoms with Gasteiger partial charge in [0.1, 0.15) is 23.8 Å². The van der Waals surface area contributed by atoms with E-state index < -0.39 is 8.60 Å². The molecule has 0 atom stereocenters. The van der Waals surface area contributed by atoms with Crippen LogP contribution in [0.2, 0.25) is 0 Å². The molecular formula is C24H29NO3P+. The molecule has 3 aromatic rings. The van der Waals surface area contributed by atoms with Crippen molar-refractivity contribution in [3.63, 3.8) is 0 Å². The van der Waals surface area contributed by atoms with Crippen molar-refractivity contribution in [3.8, 4) is 17.2 Å². The normalized spacial score (nSPS) is 11.4. The Balaban J connectivity index is 1.76. The van der Waals surface area contributed by atoms with Crippen molar-refractivity contribution in [1.29, 1.82) is 0 Å². The number of benzene rings is 3. The zero-order valence-electron chi connectivity index (χ0n) is 17.8. The molecule has 3 rings (SSSR count). The van der Waals surface area contributed by atoms with E-state index in [1.54, 1.807) is 0 Å².